The molecule has 0 saturated heterocycles. The van der Waals surface area contributed by atoms with Crippen molar-refractivity contribution in [2.24, 2.45) is 0 Å². The quantitative estimate of drug-likeness (QED) is 0.704. The molecule has 1 aromatic heterocycles. The lowest BCUT2D eigenvalue weighted by Crippen LogP contribution is -1.98. The predicted octanol–water partition coefficient (Wildman–Crippen LogP) is 2.36. The van der Waals surface area contributed by atoms with Gasteiger partial charge in [0, 0.05) is 5.69 Å². The fourth-order valence-corrected chi connectivity index (χ4v) is 1.60. The second kappa shape index (κ2) is 3.58. The van der Waals surface area contributed by atoms with Crippen LogP contribution in [0, 0.1) is 25.2 Å². The molecule has 0 unspecified atom stereocenters. The molecule has 15 heavy (non-hydrogen) atoms. The molecule has 3 heteroatoms. The lowest BCUT2D eigenvalue weighted by atomic mass is 10.2. The van der Waals surface area contributed by atoms with Gasteiger partial charge in [0.05, 0.1) is 23.0 Å². The van der Waals surface area contributed by atoms with Gasteiger partial charge in [-0.3, -0.25) is 0 Å². The summed E-state index contributed by atoms with van der Waals surface area (Å²) in [5.74, 6) is 0. The van der Waals surface area contributed by atoms with Crippen molar-refractivity contribution in [3.8, 4) is 11.8 Å². The van der Waals surface area contributed by atoms with E-state index >= 15 is 0 Å². The summed E-state index contributed by atoms with van der Waals surface area (Å²) < 4.78 is 1.84. The van der Waals surface area contributed by atoms with Gasteiger partial charge in [-0.25, -0.2) is 4.68 Å². The summed E-state index contributed by atoms with van der Waals surface area (Å²) in [7, 11) is 0. The second-order valence-electron chi connectivity index (χ2n) is 3.50. The molecule has 0 bridgehead atoms. The third kappa shape index (κ3) is 1.75. The number of nitriles is 1. The molecule has 1 aromatic carbocycles. The van der Waals surface area contributed by atoms with Gasteiger partial charge in [-0.1, -0.05) is 6.07 Å². The van der Waals surface area contributed by atoms with Crippen LogP contribution in [-0.4, -0.2) is 9.78 Å². The Kier molecular flexibility index (Phi) is 2.26. The average Bonchev–Trinajstić information content (AvgIpc) is 2.58. The summed E-state index contributed by atoms with van der Waals surface area (Å²) in [5, 5.41) is 13.2. The van der Waals surface area contributed by atoms with Crippen LogP contribution in [-0.2, 0) is 0 Å². The van der Waals surface area contributed by atoms with E-state index < -0.39 is 0 Å². The van der Waals surface area contributed by atoms with Crippen LogP contribution in [0.5, 0.6) is 0 Å². The summed E-state index contributed by atoms with van der Waals surface area (Å²) in [4.78, 5) is 0. The van der Waals surface area contributed by atoms with E-state index in [4.69, 9.17) is 5.26 Å². The van der Waals surface area contributed by atoms with E-state index in [0.29, 0.717) is 5.56 Å². The van der Waals surface area contributed by atoms with Crippen LogP contribution in [0.2, 0.25) is 0 Å². The molecule has 2 aromatic rings. The Balaban J connectivity index is 2.55. The Labute approximate surface area is 88.6 Å². The van der Waals surface area contributed by atoms with Crippen LogP contribution >= 0.6 is 0 Å². The van der Waals surface area contributed by atoms with Gasteiger partial charge in [-0.15, -0.1) is 0 Å². The van der Waals surface area contributed by atoms with E-state index in [-0.39, 0.29) is 0 Å². The zero-order valence-electron chi connectivity index (χ0n) is 8.73. The molecule has 0 spiro atoms. The Morgan fingerprint density at radius 1 is 1.27 bits per heavy atom. The van der Waals surface area contributed by atoms with Gasteiger partial charge in [0.15, 0.2) is 0 Å². The molecular weight excluding hydrogens is 186 g/mol. The highest BCUT2D eigenvalue weighted by Crippen LogP contribution is 2.13. The highest BCUT2D eigenvalue weighted by molar-refractivity contribution is 5.41. The SMILES string of the molecule is Cc1cc(C)n(-c2cccc(C#N)c2)n1. The molecule has 0 saturated carbocycles. The largest absolute Gasteiger partial charge is 0.238 e. The fraction of sp³-hybridized carbons (Fsp3) is 0.167. The highest BCUT2D eigenvalue weighted by atomic mass is 15.3. The monoisotopic (exact) mass is 197 g/mol. The van der Waals surface area contributed by atoms with Crippen molar-refractivity contribution in [3.63, 3.8) is 0 Å². The standard InChI is InChI=1S/C12H11N3/c1-9-6-10(2)15(14-9)12-5-3-4-11(7-12)8-13/h3-7H,1-2H3. The molecular formula is C12H11N3. The van der Waals surface area contributed by atoms with Crippen LogP contribution < -0.4 is 0 Å². The number of aromatic nitrogens is 2. The van der Waals surface area contributed by atoms with Gasteiger partial charge < -0.3 is 0 Å². The molecule has 0 amide bonds. The number of rotatable bonds is 1. The van der Waals surface area contributed by atoms with Gasteiger partial charge in [0.1, 0.15) is 0 Å². The van der Waals surface area contributed by atoms with Crippen molar-refractivity contribution in [1.29, 1.82) is 5.26 Å². The topological polar surface area (TPSA) is 41.6 Å². The Morgan fingerprint density at radius 3 is 2.67 bits per heavy atom. The molecule has 0 aliphatic carbocycles. The van der Waals surface area contributed by atoms with Crippen molar-refractivity contribution >= 4 is 0 Å². The normalized spacial score (nSPS) is 9.93. The minimum Gasteiger partial charge on any atom is -0.238 e. The molecule has 3 nitrogen and oxygen atoms in total. The maximum Gasteiger partial charge on any atom is 0.0992 e. The van der Waals surface area contributed by atoms with E-state index in [1.807, 2.05) is 42.8 Å². The van der Waals surface area contributed by atoms with E-state index in [0.717, 1.165) is 17.1 Å². The molecule has 74 valence electrons. The molecule has 2 rings (SSSR count). The Hall–Kier alpha value is -2.08. The summed E-state index contributed by atoms with van der Waals surface area (Å²) in [6, 6.07) is 11.6. The Bertz CT molecular complexity index is 532. The zero-order valence-corrected chi connectivity index (χ0v) is 8.73. The van der Waals surface area contributed by atoms with E-state index in [9.17, 15) is 0 Å². The lowest BCUT2D eigenvalue weighted by Gasteiger charge is -2.03. The summed E-state index contributed by atoms with van der Waals surface area (Å²) in [6.45, 7) is 3.96. The van der Waals surface area contributed by atoms with Crippen LogP contribution in [0.15, 0.2) is 30.3 Å². The first-order valence-electron chi connectivity index (χ1n) is 4.74. The van der Waals surface area contributed by atoms with Gasteiger partial charge >= 0.3 is 0 Å². The number of hydrogen-bond donors (Lipinski definition) is 0. The van der Waals surface area contributed by atoms with Crippen molar-refractivity contribution in [3.05, 3.63) is 47.3 Å². The molecule has 1 heterocycles. The van der Waals surface area contributed by atoms with Crippen LogP contribution in [0.3, 0.4) is 0 Å². The number of nitrogens with zero attached hydrogens (tertiary/aromatic N) is 3. The number of hydrogen-bond acceptors (Lipinski definition) is 2. The smallest absolute Gasteiger partial charge is 0.0992 e. The molecule has 0 N–H and O–H groups in total. The first kappa shape index (κ1) is 9.47. The van der Waals surface area contributed by atoms with Gasteiger partial charge in [-0.2, -0.15) is 10.4 Å². The summed E-state index contributed by atoms with van der Waals surface area (Å²) >= 11 is 0. The van der Waals surface area contributed by atoms with E-state index in [1.165, 1.54) is 0 Å². The van der Waals surface area contributed by atoms with Crippen LogP contribution in [0.1, 0.15) is 17.0 Å². The fourth-order valence-electron chi connectivity index (χ4n) is 1.60. The van der Waals surface area contributed by atoms with Gasteiger partial charge in [0.2, 0.25) is 0 Å². The maximum atomic E-state index is 8.80. The predicted molar refractivity (Wildman–Crippen MR) is 57.8 cm³/mol. The summed E-state index contributed by atoms with van der Waals surface area (Å²) in [5.41, 5.74) is 3.64. The first-order valence-corrected chi connectivity index (χ1v) is 4.74. The van der Waals surface area contributed by atoms with Crippen molar-refractivity contribution in [2.75, 3.05) is 0 Å². The molecule has 0 radical (unpaired) electrons. The molecule has 0 aliphatic rings. The molecule has 0 atom stereocenters. The average molecular weight is 197 g/mol. The number of aryl methyl sites for hydroxylation is 2. The highest BCUT2D eigenvalue weighted by Gasteiger charge is 2.03. The first-order chi connectivity index (χ1) is 7.20. The second-order valence-corrected chi connectivity index (χ2v) is 3.50. The zero-order chi connectivity index (χ0) is 10.8. The van der Waals surface area contributed by atoms with Crippen LogP contribution in [0.4, 0.5) is 0 Å². The summed E-state index contributed by atoms with van der Waals surface area (Å²) in [6.07, 6.45) is 0. The Morgan fingerprint density at radius 2 is 2.07 bits per heavy atom. The minimum atomic E-state index is 0.653. The van der Waals surface area contributed by atoms with Crippen molar-refractivity contribution in [1.82, 2.24) is 9.78 Å². The van der Waals surface area contributed by atoms with Gasteiger partial charge in [-0.05, 0) is 38.1 Å². The maximum absolute atomic E-state index is 8.80. The third-order valence-corrected chi connectivity index (χ3v) is 2.23. The number of benzene rings is 1. The lowest BCUT2D eigenvalue weighted by molar-refractivity contribution is 0.833. The molecule has 0 fully saturated rings. The van der Waals surface area contributed by atoms with E-state index in [2.05, 4.69) is 11.2 Å². The molecule has 0 aliphatic heterocycles. The van der Waals surface area contributed by atoms with Crippen molar-refractivity contribution in [2.45, 2.75) is 13.8 Å². The van der Waals surface area contributed by atoms with Gasteiger partial charge in [0.25, 0.3) is 0 Å². The van der Waals surface area contributed by atoms with Crippen molar-refractivity contribution < 1.29 is 0 Å². The minimum absolute atomic E-state index is 0.653. The third-order valence-electron chi connectivity index (χ3n) is 2.23. The van der Waals surface area contributed by atoms with E-state index in [1.54, 1.807) is 6.07 Å². The van der Waals surface area contributed by atoms with Crippen LogP contribution in [0.25, 0.3) is 5.69 Å².